The van der Waals surface area contributed by atoms with E-state index in [-0.39, 0.29) is 11.5 Å². The van der Waals surface area contributed by atoms with Gasteiger partial charge in [0.15, 0.2) is 0 Å². The van der Waals surface area contributed by atoms with Crippen LogP contribution in [0, 0.1) is 0 Å². The molecule has 3 aromatic rings. The number of phenols is 2. The number of nitrogens with one attached hydrogen (secondary N) is 2. The van der Waals surface area contributed by atoms with Gasteiger partial charge in [0.2, 0.25) is 0 Å². The van der Waals surface area contributed by atoms with E-state index < -0.39 is 11.8 Å². The monoisotopic (exact) mass is 458 g/mol. The predicted molar refractivity (Wildman–Crippen MR) is 131 cm³/mol. The lowest BCUT2D eigenvalue weighted by molar-refractivity contribution is 0.0943. The van der Waals surface area contributed by atoms with E-state index in [0.29, 0.717) is 35.4 Å². The highest BCUT2D eigenvalue weighted by Gasteiger charge is 2.10. The number of hydrazone groups is 2. The maximum Gasteiger partial charge on any atom is 0.271 e. The Hall–Kier alpha value is -4.46. The minimum Gasteiger partial charge on any atom is -0.508 e. The fraction of sp³-hybridized carbons (Fsp3) is 0.154. The third-order valence-electron chi connectivity index (χ3n) is 5.06. The van der Waals surface area contributed by atoms with Crippen LogP contribution in [0.15, 0.2) is 83.0 Å². The molecule has 0 saturated heterocycles. The molecule has 0 radical (unpaired) electrons. The summed E-state index contributed by atoms with van der Waals surface area (Å²) in [5.74, 6) is -0.501. The Balaban J connectivity index is 1.64. The smallest absolute Gasteiger partial charge is 0.271 e. The minimum atomic E-state index is -0.407. The van der Waals surface area contributed by atoms with E-state index in [1.54, 1.807) is 48.5 Å². The molecule has 34 heavy (non-hydrogen) atoms. The van der Waals surface area contributed by atoms with Gasteiger partial charge in [-0.05, 0) is 96.8 Å². The lowest BCUT2D eigenvalue weighted by Gasteiger charge is -2.07. The second kappa shape index (κ2) is 11.4. The van der Waals surface area contributed by atoms with Gasteiger partial charge in [0.25, 0.3) is 11.8 Å². The summed E-state index contributed by atoms with van der Waals surface area (Å²) in [6.45, 7) is 3.83. The van der Waals surface area contributed by atoms with Crippen molar-refractivity contribution in [1.82, 2.24) is 10.9 Å². The Bertz CT molecular complexity index is 1100. The molecular weight excluding hydrogens is 432 g/mol. The van der Waals surface area contributed by atoms with Gasteiger partial charge in [-0.2, -0.15) is 10.2 Å². The quantitative estimate of drug-likeness (QED) is 0.299. The van der Waals surface area contributed by atoms with E-state index in [0.717, 1.165) is 11.1 Å². The largest absolute Gasteiger partial charge is 0.508 e. The summed E-state index contributed by atoms with van der Waals surface area (Å²) in [6.07, 6.45) is 1.18. The maximum atomic E-state index is 12.5. The zero-order chi connectivity index (χ0) is 24.5. The van der Waals surface area contributed by atoms with E-state index in [4.69, 9.17) is 0 Å². The van der Waals surface area contributed by atoms with Crippen LogP contribution in [0.25, 0.3) is 0 Å². The molecule has 8 heteroatoms. The summed E-state index contributed by atoms with van der Waals surface area (Å²) in [7, 11) is 0. The summed E-state index contributed by atoms with van der Waals surface area (Å²) < 4.78 is 0. The average Bonchev–Trinajstić information content (AvgIpc) is 2.86. The highest BCUT2D eigenvalue weighted by molar-refractivity contribution is 6.03. The minimum absolute atomic E-state index is 0.157. The molecule has 0 saturated carbocycles. The Morgan fingerprint density at radius 1 is 0.588 bits per heavy atom. The standard InChI is InChI=1S/C26H26N4O4/c1-3-23(17-9-13-21(31)14-10-17)27-29-25(33)19-5-7-20(8-6-19)26(34)30-28-24(4-2)18-11-15-22(32)16-12-18/h5-16,31-32H,3-4H2,1-2H3,(H,29,33)(H,30,34). The number of amides is 2. The van der Waals surface area contributed by atoms with Gasteiger partial charge in [-0.3, -0.25) is 9.59 Å². The number of benzene rings is 3. The van der Waals surface area contributed by atoms with Gasteiger partial charge in [0.05, 0.1) is 11.4 Å². The van der Waals surface area contributed by atoms with Crippen LogP contribution in [0.5, 0.6) is 11.5 Å². The topological polar surface area (TPSA) is 123 Å². The van der Waals surface area contributed by atoms with Crippen molar-refractivity contribution in [3.8, 4) is 11.5 Å². The fourth-order valence-corrected chi connectivity index (χ4v) is 3.14. The normalized spacial score (nSPS) is 11.7. The van der Waals surface area contributed by atoms with E-state index in [2.05, 4.69) is 21.1 Å². The second-order valence-corrected chi connectivity index (χ2v) is 7.38. The third-order valence-corrected chi connectivity index (χ3v) is 5.06. The van der Waals surface area contributed by atoms with Crippen molar-refractivity contribution in [3.05, 3.63) is 95.1 Å². The zero-order valence-electron chi connectivity index (χ0n) is 18.9. The molecule has 0 aliphatic heterocycles. The summed E-state index contributed by atoms with van der Waals surface area (Å²) in [4.78, 5) is 24.9. The van der Waals surface area contributed by atoms with Crippen LogP contribution < -0.4 is 10.9 Å². The summed E-state index contributed by atoms with van der Waals surface area (Å²) in [5, 5.41) is 27.2. The highest BCUT2D eigenvalue weighted by Crippen LogP contribution is 2.13. The first-order valence-electron chi connectivity index (χ1n) is 10.8. The lowest BCUT2D eigenvalue weighted by atomic mass is 10.1. The summed E-state index contributed by atoms with van der Waals surface area (Å²) >= 11 is 0. The molecule has 4 N–H and O–H groups in total. The molecule has 0 aliphatic rings. The van der Waals surface area contributed by atoms with E-state index >= 15 is 0 Å². The van der Waals surface area contributed by atoms with Crippen LogP contribution in [0.3, 0.4) is 0 Å². The average molecular weight is 459 g/mol. The van der Waals surface area contributed by atoms with Crippen molar-refractivity contribution >= 4 is 23.2 Å². The first-order valence-corrected chi connectivity index (χ1v) is 10.8. The number of hydrogen-bond acceptors (Lipinski definition) is 6. The van der Waals surface area contributed by atoms with Crippen molar-refractivity contribution in [1.29, 1.82) is 0 Å². The molecule has 0 spiro atoms. The first kappa shape index (κ1) is 24.2. The van der Waals surface area contributed by atoms with Crippen LogP contribution in [0.1, 0.15) is 58.5 Å². The number of rotatable bonds is 8. The molecule has 0 fully saturated rings. The van der Waals surface area contributed by atoms with Gasteiger partial charge in [-0.25, -0.2) is 10.9 Å². The molecule has 8 nitrogen and oxygen atoms in total. The molecule has 174 valence electrons. The van der Waals surface area contributed by atoms with Crippen LogP contribution in [0.2, 0.25) is 0 Å². The fourth-order valence-electron chi connectivity index (χ4n) is 3.14. The highest BCUT2D eigenvalue weighted by atomic mass is 16.3. The summed E-state index contributed by atoms with van der Waals surface area (Å²) in [6, 6.07) is 19.3. The third kappa shape index (κ3) is 6.29. The van der Waals surface area contributed by atoms with Crippen molar-refractivity contribution in [2.45, 2.75) is 26.7 Å². The van der Waals surface area contributed by atoms with Crippen LogP contribution in [0.4, 0.5) is 0 Å². The van der Waals surface area contributed by atoms with E-state index in [9.17, 15) is 19.8 Å². The number of aromatic hydroxyl groups is 2. The number of nitrogens with zero attached hydrogens (tertiary/aromatic N) is 2. The zero-order valence-corrected chi connectivity index (χ0v) is 18.9. The van der Waals surface area contributed by atoms with Crippen molar-refractivity contribution in [2.75, 3.05) is 0 Å². The lowest BCUT2D eigenvalue weighted by Crippen LogP contribution is -2.21. The van der Waals surface area contributed by atoms with Gasteiger partial charge in [0, 0.05) is 11.1 Å². The van der Waals surface area contributed by atoms with Gasteiger partial charge in [-0.15, -0.1) is 0 Å². The molecule has 0 aromatic heterocycles. The van der Waals surface area contributed by atoms with Crippen molar-refractivity contribution in [2.24, 2.45) is 10.2 Å². The van der Waals surface area contributed by atoms with E-state index in [1.807, 2.05) is 13.8 Å². The second-order valence-electron chi connectivity index (χ2n) is 7.38. The van der Waals surface area contributed by atoms with E-state index in [1.165, 1.54) is 24.3 Å². The molecular formula is C26H26N4O4. The van der Waals surface area contributed by atoms with Gasteiger partial charge >= 0.3 is 0 Å². The van der Waals surface area contributed by atoms with Gasteiger partial charge in [0.1, 0.15) is 11.5 Å². The summed E-state index contributed by atoms with van der Waals surface area (Å²) in [5.41, 5.74) is 8.69. The number of phenolic OH excluding ortho intramolecular Hbond substituents is 2. The van der Waals surface area contributed by atoms with Crippen LogP contribution in [-0.2, 0) is 0 Å². The van der Waals surface area contributed by atoms with Crippen LogP contribution in [-0.4, -0.2) is 33.5 Å². The molecule has 0 heterocycles. The number of carbonyl (C=O) groups excluding carboxylic acids is 2. The Morgan fingerprint density at radius 3 is 1.18 bits per heavy atom. The SMILES string of the molecule is CCC(=NNC(=O)c1ccc(C(=O)NN=C(CC)c2ccc(O)cc2)cc1)c1ccc(O)cc1. The molecule has 0 unspecified atom stereocenters. The molecule has 0 atom stereocenters. The molecule has 3 aromatic carbocycles. The molecule has 2 amide bonds. The van der Waals surface area contributed by atoms with Crippen molar-refractivity contribution < 1.29 is 19.8 Å². The number of carbonyl (C=O) groups is 2. The first-order chi connectivity index (χ1) is 16.4. The van der Waals surface area contributed by atoms with Crippen LogP contribution >= 0.6 is 0 Å². The predicted octanol–water partition coefficient (Wildman–Crippen LogP) is 4.19. The Kier molecular flexibility index (Phi) is 8.12. The van der Waals surface area contributed by atoms with Gasteiger partial charge in [-0.1, -0.05) is 13.8 Å². The molecule has 0 aliphatic carbocycles. The Labute approximate surface area is 197 Å². The Morgan fingerprint density at radius 2 is 0.882 bits per heavy atom. The van der Waals surface area contributed by atoms with Crippen molar-refractivity contribution in [3.63, 3.8) is 0 Å². The van der Waals surface area contributed by atoms with Gasteiger partial charge < -0.3 is 10.2 Å². The maximum absolute atomic E-state index is 12.5. The molecule has 0 bridgehead atoms. The number of hydrogen-bond donors (Lipinski definition) is 4. The molecule has 3 rings (SSSR count).